The second-order valence-corrected chi connectivity index (χ2v) is 4.35. The van der Waals surface area contributed by atoms with Crippen LogP contribution in [-0.2, 0) is 6.42 Å². The van der Waals surface area contributed by atoms with Gasteiger partial charge in [-0.1, -0.05) is 29.8 Å². The second-order valence-electron chi connectivity index (χ2n) is 4.35. The van der Waals surface area contributed by atoms with Gasteiger partial charge in [-0.25, -0.2) is 0 Å². The molecule has 0 amide bonds. The van der Waals surface area contributed by atoms with Crippen molar-refractivity contribution in [3.63, 3.8) is 0 Å². The van der Waals surface area contributed by atoms with Crippen LogP contribution in [0.5, 0.6) is 0 Å². The molecule has 17 heavy (non-hydrogen) atoms. The van der Waals surface area contributed by atoms with Crippen LogP contribution >= 0.6 is 0 Å². The van der Waals surface area contributed by atoms with E-state index in [1.807, 2.05) is 31.2 Å². The first kappa shape index (κ1) is 14.0. The lowest BCUT2D eigenvalue weighted by Gasteiger charge is -2.12. The topological polar surface area (TPSA) is 20.2 Å². The van der Waals surface area contributed by atoms with Crippen molar-refractivity contribution in [2.75, 3.05) is 0 Å². The van der Waals surface area contributed by atoms with Gasteiger partial charge in [-0.3, -0.25) is 0 Å². The third kappa shape index (κ3) is 6.31. The van der Waals surface area contributed by atoms with Crippen LogP contribution in [0.1, 0.15) is 30.4 Å². The SMILES string of the molecule is Cc1cccc(CC(O)CCCC(F)(F)F)c1. The van der Waals surface area contributed by atoms with Gasteiger partial charge in [-0.2, -0.15) is 13.2 Å². The van der Waals surface area contributed by atoms with E-state index >= 15 is 0 Å². The number of hydrogen-bond acceptors (Lipinski definition) is 1. The fraction of sp³-hybridized carbons (Fsp3) is 0.538. The van der Waals surface area contributed by atoms with Crippen LogP contribution in [-0.4, -0.2) is 17.4 Å². The lowest BCUT2D eigenvalue weighted by molar-refractivity contribution is -0.136. The molecule has 0 aliphatic heterocycles. The molecule has 1 nitrogen and oxygen atoms in total. The summed E-state index contributed by atoms with van der Waals surface area (Å²) >= 11 is 0. The molecular formula is C13H17F3O. The molecule has 1 aromatic rings. The van der Waals surface area contributed by atoms with Crippen molar-refractivity contribution in [2.24, 2.45) is 0 Å². The van der Waals surface area contributed by atoms with Crippen molar-refractivity contribution in [1.82, 2.24) is 0 Å². The van der Waals surface area contributed by atoms with Gasteiger partial charge in [-0.15, -0.1) is 0 Å². The van der Waals surface area contributed by atoms with E-state index < -0.39 is 18.7 Å². The fourth-order valence-corrected chi connectivity index (χ4v) is 1.75. The van der Waals surface area contributed by atoms with Crippen LogP contribution in [0.2, 0.25) is 0 Å². The number of halogens is 3. The van der Waals surface area contributed by atoms with Crippen molar-refractivity contribution in [3.8, 4) is 0 Å². The van der Waals surface area contributed by atoms with Gasteiger partial charge in [0.2, 0.25) is 0 Å². The Bertz CT molecular complexity index is 347. The number of hydrogen-bond donors (Lipinski definition) is 1. The Hall–Kier alpha value is -1.03. The molecule has 1 N–H and O–H groups in total. The van der Waals surface area contributed by atoms with Gasteiger partial charge >= 0.3 is 6.18 Å². The number of aliphatic hydroxyl groups excluding tert-OH is 1. The molecule has 0 spiro atoms. The van der Waals surface area contributed by atoms with Gasteiger partial charge in [0.25, 0.3) is 0 Å². The Kier molecular flexibility index (Phi) is 5.00. The van der Waals surface area contributed by atoms with E-state index in [2.05, 4.69) is 0 Å². The zero-order chi connectivity index (χ0) is 12.9. The molecule has 0 aromatic heterocycles. The summed E-state index contributed by atoms with van der Waals surface area (Å²) in [4.78, 5) is 0. The average Bonchev–Trinajstić information content (AvgIpc) is 2.15. The lowest BCUT2D eigenvalue weighted by atomic mass is 10.0. The first-order chi connectivity index (χ1) is 7.87. The molecule has 1 aromatic carbocycles. The van der Waals surface area contributed by atoms with Crippen molar-refractivity contribution in [3.05, 3.63) is 35.4 Å². The maximum Gasteiger partial charge on any atom is 0.389 e. The van der Waals surface area contributed by atoms with E-state index in [0.717, 1.165) is 11.1 Å². The summed E-state index contributed by atoms with van der Waals surface area (Å²) in [6.07, 6.45) is -5.05. The van der Waals surface area contributed by atoms with Crippen LogP contribution in [0.15, 0.2) is 24.3 Å². The molecular weight excluding hydrogens is 229 g/mol. The van der Waals surface area contributed by atoms with E-state index in [1.165, 1.54) is 0 Å². The summed E-state index contributed by atoms with van der Waals surface area (Å²) in [6.45, 7) is 1.94. The van der Waals surface area contributed by atoms with Gasteiger partial charge in [0, 0.05) is 6.42 Å². The molecule has 1 rings (SSSR count). The Morgan fingerprint density at radius 1 is 1.29 bits per heavy atom. The van der Waals surface area contributed by atoms with E-state index in [9.17, 15) is 18.3 Å². The summed E-state index contributed by atoms with van der Waals surface area (Å²) < 4.78 is 35.7. The van der Waals surface area contributed by atoms with Crippen LogP contribution in [0.25, 0.3) is 0 Å². The minimum absolute atomic E-state index is 0.0174. The smallest absolute Gasteiger partial charge is 0.389 e. The van der Waals surface area contributed by atoms with Crippen LogP contribution in [0.3, 0.4) is 0 Å². The number of aryl methyl sites for hydroxylation is 1. The molecule has 1 atom stereocenters. The minimum atomic E-state index is -4.12. The van der Waals surface area contributed by atoms with Crippen molar-refractivity contribution < 1.29 is 18.3 Å². The molecule has 0 saturated heterocycles. The summed E-state index contributed by atoms with van der Waals surface area (Å²) in [5, 5.41) is 9.62. The van der Waals surface area contributed by atoms with Gasteiger partial charge in [0.15, 0.2) is 0 Å². The Labute approximate surface area is 99.3 Å². The fourth-order valence-electron chi connectivity index (χ4n) is 1.75. The number of aliphatic hydroxyl groups is 1. The third-order valence-electron chi connectivity index (χ3n) is 2.55. The predicted molar refractivity (Wildman–Crippen MR) is 60.8 cm³/mol. The molecule has 0 bridgehead atoms. The van der Waals surface area contributed by atoms with E-state index in [4.69, 9.17) is 0 Å². The van der Waals surface area contributed by atoms with E-state index in [0.29, 0.717) is 6.42 Å². The highest BCUT2D eigenvalue weighted by molar-refractivity contribution is 5.22. The molecule has 1 unspecified atom stereocenters. The summed E-state index contributed by atoms with van der Waals surface area (Å²) in [7, 11) is 0. The van der Waals surface area contributed by atoms with Crippen molar-refractivity contribution >= 4 is 0 Å². The first-order valence-corrected chi connectivity index (χ1v) is 5.67. The van der Waals surface area contributed by atoms with E-state index in [-0.39, 0.29) is 12.8 Å². The van der Waals surface area contributed by atoms with Gasteiger partial charge in [0.1, 0.15) is 0 Å². The Balaban J connectivity index is 2.32. The molecule has 0 heterocycles. The lowest BCUT2D eigenvalue weighted by Crippen LogP contribution is -2.13. The molecule has 0 fully saturated rings. The largest absolute Gasteiger partial charge is 0.393 e. The number of rotatable bonds is 5. The van der Waals surface area contributed by atoms with Crippen molar-refractivity contribution in [2.45, 2.75) is 44.9 Å². The third-order valence-corrected chi connectivity index (χ3v) is 2.55. The van der Waals surface area contributed by atoms with Gasteiger partial charge in [-0.05, 0) is 31.7 Å². The van der Waals surface area contributed by atoms with Gasteiger partial charge < -0.3 is 5.11 Å². The molecule has 0 aliphatic carbocycles. The Morgan fingerprint density at radius 2 is 2.00 bits per heavy atom. The van der Waals surface area contributed by atoms with Crippen LogP contribution in [0.4, 0.5) is 13.2 Å². The maximum atomic E-state index is 11.9. The zero-order valence-electron chi connectivity index (χ0n) is 9.80. The second kappa shape index (κ2) is 6.05. The molecule has 0 saturated carbocycles. The number of alkyl halides is 3. The zero-order valence-corrected chi connectivity index (χ0v) is 9.80. The Morgan fingerprint density at radius 3 is 2.59 bits per heavy atom. The molecule has 0 radical (unpaired) electrons. The van der Waals surface area contributed by atoms with E-state index in [1.54, 1.807) is 0 Å². The highest BCUT2D eigenvalue weighted by Crippen LogP contribution is 2.23. The normalized spacial score (nSPS) is 13.7. The maximum absolute atomic E-state index is 11.9. The van der Waals surface area contributed by atoms with Crippen LogP contribution < -0.4 is 0 Å². The monoisotopic (exact) mass is 246 g/mol. The standard InChI is InChI=1S/C13H17F3O/c1-10-4-2-5-11(8-10)9-12(17)6-3-7-13(14,15)16/h2,4-5,8,12,17H,3,6-7,9H2,1H3. The average molecular weight is 246 g/mol. The first-order valence-electron chi connectivity index (χ1n) is 5.67. The molecule has 0 aliphatic rings. The highest BCUT2D eigenvalue weighted by Gasteiger charge is 2.26. The number of benzene rings is 1. The van der Waals surface area contributed by atoms with Crippen molar-refractivity contribution in [1.29, 1.82) is 0 Å². The summed E-state index contributed by atoms with van der Waals surface area (Å²) in [5.74, 6) is 0. The molecule has 96 valence electrons. The minimum Gasteiger partial charge on any atom is -0.393 e. The van der Waals surface area contributed by atoms with Crippen LogP contribution in [0, 0.1) is 6.92 Å². The predicted octanol–water partition coefficient (Wildman–Crippen LogP) is 3.63. The van der Waals surface area contributed by atoms with Gasteiger partial charge in [0.05, 0.1) is 6.10 Å². The highest BCUT2D eigenvalue weighted by atomic mass is 19.4. The summed E-state index contributed by atoms with van der Waals surface area (Å²) in [5.41, 5.74) is 2.05. The molecule has 4 heteroatoms. The summed E-state index contributed by atoms with van der Waals surface area (Å²) in [6, 6.07) is 7.64. The quantitative estimate of drug-likeness (QED) is 0.841.